The van der Waals surface area contributed by atoms with Gasteiger partial charge in [0.15, 0.2) is 0 Å². The van der Waals surface area contributed by atoms with Gasteiger partial charge in [0, 0.05) is 5.56 Å². The number of carboxylic acid groups (broad SMARTS) is 1. The zero-order valence-electron chi connectivity index (χ0n) is 15.6. The molecule has 1 heterocycles. The summed E-state index contributed by atoms with van der Waals surface area (Å²) in [4.78, 5) is 50.8. The number of carbonyl (C=O) groups excluding carboxylic acids is 3. The van der Waals surface area contributed by atoms with Crippen molar-refractivity contribution < 1.29 is 24.3 Å². The molecule has 2 fully saturated rings. The number of hydrogen-bond donors (Lipinski definition) is 2. The highest BCUT2D eigenvalue weighted by Crippen LogP contribution is 2.40. The first-order valence-corrected chi connectivity index (χ1v) is 9.59. The molecule has 7 nitrogen and oxygen atoms in total. The number of anilines is 2. The summed E-state index contributed by atoms with van der Waals surface area (Å²) >= 11 is 0. The molecule has 2 aromatic rings. The van der Waals surface area contributed by atoms with Gasteiger partial charge in [0.25, 0.3) is 5.91 Å². The summed E-state index contributed by atoms with van der Waals surface area (Å²) in [6.45, 7) is 0. The molecule has 1 aliphatic carbocycles. The van der Waals surface area contributed by atoms with Crippen LogP contribution < -0.4 is 10.2 Å². The average Bonchev–Trinajstić information content (AvgIpc) is 2.99. The highest BCUT2D eigenvalue weighted by atomic mass is 16.4. The van der Waals surface area contributed by atoms with E-state index in [4.69, 9.17) is 0 Å². The van der Waals surface area contributed by atoms with Gasteiger partial charge in [-0.15, -0.1) is 0 Å². The maximum atomic E-state index is 12.8. The van der Waals surface area contributed by atoms with Crippen molar-refractivity contribution >= 4 is 35.1 Å². The molecule has 2 atom stereocenters. The Hall–Kier alpha value is -3.48. The van der Waals surface area contributed by atoms with E-state index in [1.165, 1.54) is 23.1 Å². The molecular weight excluding hydrogens is 372 g/mol. The topological polar surface area (TPSA) is 104 Å². The van der Waals surface area contributed by atoms with E-state index < -0.39 is 11.9 Å². The Morgan fingerprint density at radius 1 is 0.931 bits per heavy atom. The Labute approximate surface area is 167 Å². The molecule has 2 aromatic carbocycles. The smallest absolute Gasteiger partial charge is 0.337 e. The van der Waals surface area contributed by atoms with Crippen LogP contribution in [0.1, 0.15) is 46.4 Å². The van der Waals surface area contributed by atoms with Crippen molar-refractivity contribution in [2.75, 3.05) is 10.2 Å². The lowest BCUT2D eigenvalue weighted by Crippen LogP contribution is -2.31. The highest BCUT2D eigenvalue weighted by Gasteiger charge is 2.48. The molecule has 29 heavy (non-hydrogen) atoms. The number of benzene rings is 2. The fraction of sp³-hybridized carbons (Fsp3) is 0.273. The molecule has 3 amide bonds. The van der Waals surface area contributed by atoms with Crippen molar-refractivity contribution in [2.45, 2.75) is 25.7 Å². The predicted molar refractivity (Wildman–Crippen MR) is 106 cm³/mol. The lowest BCUT2D eigenvalue weighted by Gasteiger charge is -2.19. The van der Waals surface area contributed by atoms with Crippen LogP contribution in [0.15, 0.2) is 48.5 Å². The number of carbonyl (C=O) groups is 4. The van der Waals surface area contributed by atoms with Gasteiger partial charge in [0.1, 0.15) is 0 Å². The third kappa shape index (κ3) is 3.40. The third-order valence-corrected chi connectivity index (χ3v) is 5.61. The number of aromatic carboxylic acids is 1. The quantitative estimate of drug-likeness (QED) is 0.777. The molecule has 1 aliphatic heterocycles. The van der Waals surface area contributed by atoms with Gasteiger partial charge < -0.3 is 10.4 Å². The van der Waals surface area contributed by atoms with Gasteiger partial charge >= 0.3 is 5.97 Å². The van der Waals surface area contributed by atoms with E-state index in [9.17, 15) is 24.3 Å². The molecule has 0 spiro atoms. The molecule has 0 aromatic heterocycles. The Kier molecular flexibility index (Phi) is 4.88. The number of para-hydroxylation sites is 1. The molecular formula is C22H20N2O5. The van der Waals surface area contributed by atoms with Crippen LogP contribution in [0, 0.1) is 11.8 Å². The minimum atomic E-state index is -1.15. The van der Waals surface area contributed by atoms with Gasteiger partial charge in [-0.25, -0.2) is 4.79 Å². The summed E-state index contributed by atoms with van der Waals surface area (Å²) < 4.78 is 0. The summed E-state index contributed by atoms with van der Waals surface area (Å²) in [5, 5.41) is 11.9. The van der Waals surface area contributed by atoms with Crippen molar-refractivity contribution in [3.8, 4) is 0 Å². The number of amides is 3. The average molecular weight is 392 g/mol. The number of nitrogens with zero attached hydrogens (tertiary/aromatic N) is 1. The second kappa shape index (κ2) is 7.50. The van der Waals surface area contributed by atoms with Crippen LogP contribution in [-0.4, -0.2) is 28.8 Å². The second-order valence-electron chi connectivity index (χ2n) is 7.36. The van der Waals surface area contributed by atoms with Crippen LogP contribution in [0.2, 0.25) is 0 Å². The highest BCUT2D eigenvalue weighted by molar-refractivity contribution is 6.22. The Balaban J connectivity index is 1.59. The maximum Gasteiger partial charge on any atom is 0.337 e. The van der Waals surface area contributed by atoms with Gasteiger partial charge in [-0.05, 0) is 43.2 Å². The number of fused-ring (bicyclic) bond motifs is 1. The number of imide groups is 1. The molecule has 2 N–H and O–H groups in total. The Morgan fingerprint density at radius 3 is 2.24 bits per heavy atom. The Bertz CT molecular complexity index is 992. The zero-order chi connectivity index (χ0) is 20.5. The largest absolute Gasteiger partial charge is 0.478 e. The predicted octanol–water partition coefficient (Wildman–Crippen LogP) is 3.32. The van der Waals surface area contributed by atoms with E-state index in [0.29, 0.717) is 5.69 Å². The number of hydrogen-bond acceptors (Lipinski definition) is 4. The van der Waals surface area contributed by atoms with Crippen LogP contribution in [0.25, 0.3) is 0 Å². The summed E-state index contributed by atoms with van der Waals surface area (Å²) in [7, 11) is 0. The summed E-state index contributed by atoms with van der Waals surface area (Å²) in [5.74, 6) is -2.60. The van der Waals surface area contributed by atoms with E-state index in [1.807, 2.05) is 0 Å². The first-order valence-electron chi connectivity index (χ1n) is 9.59. The molecule has 0 bridgehead atoms. The molecule has 4 rings (SSSR count). The van der Waals surface area contributed by atoms with Gasteiger partial charge in [0.2, 0.25) is 11.8 Å². The number of carboxylic acids is 1. The SMILES string of the molecule is O=C(Nc1ccccc1C(=O)O)c1cccc(N2C(=O)[C@H]3CCCC[C@H]3C2=O)c1. The summed E-state index contributed by atoms with van der Waals surface area (Å²) in [5.41, 5.74) is 0.757. The maximum absolute atomic E-state index is 12.8. The van der Waals surface area contributed by atoms with Gasteiger partial charge in [0.05, 0.1) is 28.8 Å². The van der Waals surface area contributed by atoms with Crippen LogP contribution in [0.3, 0.4) is 0 Å². The minimum absolute atomic E-state index is 0.0222. The zero-order valence-corrected chi connectivity index (χ0v) is 15.6. The van der Waals surface area contributed by atoms with E-state index in [2.05, 4.69) is 5.32 Å². The monoisotopic (exact) mass is 392 g/mol. The van der Waals surface area contributed by atoms with Crippen LogP contribution >= 0.6 is 0 Å². The van der Waals surface area contributed by atoms with Gasteiger partial charge in [-0.1, -0.05) is 31.0 Å². The molecule has 148 valence electrons. The van der Waals surface area contributed by atoms with Crippen molar-refractivity contribution in [1.29, 1.82) is 0 Å². The van der Waals surface area contributed by atoms with Crippen molar-refractivity contribution in [3.63, 3.8) is 0 Å². The molecule has 0 unspecified atom stereocenters. The van der Waals surface area contributed by atoms with E-state index in [1.54, 1.807) is 30.3 Å². The van der Waals surface area contributed by atoms with Crippen molar-refractivity contribution in [2.24, 2.45) is 11.8 Å². The standard InChI is InChI=1S/C22H20N2O5/c25-19(23-18-11-4-3-10-17(18)22(28)29)13-6-5-7-14(12-13)24-20(26)15-8-1-2-9-16(15)21(24)27/h3-7,10-12,15-16H,1-2,8-9H2,(H,23,25)(H,28,29)/t15-,16+. The molecule has 1 saturated heterocycles. The molecule has 2 aliphatic rings. The normalized spacial score (nSPS) is 21.0. The fourth-order valence-electron chi connectivity index (χ4n) is 4.18. The van der Waals surface area contributed by atoms with Crippen LogP contribution in [0.4, 0.5) is 11.4 Å². The van der Waals surface area contributed by atoms with Crippen LogP contribution in [0.5, 0.6) is 0 Å². The van der Waals surface area contributed by atoms with E-state index in [-0.39, 0.29) is 40.5 Å². The second-order valence-corrected chi connectivity index (χ2v) is 7.36. The number of rotatable bonds is 4. The molecule has 1 saturated carbocycles. The molecule has 7 heteroatoms. The van der Waals surface area contributed by atoms with E-state index in [0.717, 1.165) is 25.7 Å². The third-order valence-electron chi connectivity index (χ3n) is 5.61. The van der Waals surface area contributed by atoms with Gasteiger partial charge in [-0.2, -0.15) is 0 Å². The van der Waals surface area contributed by atoms with Crippen molar-refractivity contribution in [3.05, 3.63) is 59.7 Å². The fourth-order valence-corrected chi connectivity index (χ4v) is 4.18. The Morgan fingerprint density at radius 2 is 1.59 bits per heavy atom. The van der Waals surface area contributed by atoms with Crippen molar-refractivity contribution in [1.82, 2.24) is 0 Å². The summed E-state index contributed by atoms with van der Waals surface area (Å²) in [6, 6.07) is 12.4. The lowest BCUT2D eigenvalue weighted by atomic mass is 9.81. The lowest BCUT2D eigenvalue weighted by molar-refractivity contribution is -0.122. The first kappa shape index (κ1) is 18.9. The van der Waals surface area contributed by atoms with Gasteiger partial charge in [-0.3, -0.25) is 19.3 Å². The summed E-state index contributed by atoms with van der Waals surface area (Å²) in [6.07, 6.45) is 3.33. The molecule has 0 radical (unpaired) electrons. The number of nitrogens with one attached hydrogen (secondary N) is 1. The van der Waals surface area contributed by atoms with E-state index >= 15 is 0 Å². The van der Waals surface area contributed by atoms with Crippen LogP contribution in [-0.2, 0) is 9.59 Å². The first-order chi connectivity index (χ1) is 14.0. The minimum Gasteiger partial charge on any atom is -0.478 e.